The Labute approximate surface area is 155 Å². The van der Waals surface area contributed by atoms with E-state index in [-0.39, 0.29) is 17.7 Å². The van der Waals surface area contributed by atoms with Crippen molar-refractivity contribution in [1.82, 2.24) is 10.2 Å². The van der Waals surface area contributed by atoms with Crippen LogP contribution in [0.15, 0.2) is 24.3 Å². The van der Waals surface area contributed by atoms with E-state index in [0.717, 1.165) is 4.90 Å². The first-order chi connectivity index (χ1) is 12.8. The fourth-order valence-electron chi connectivity index (χ4n) is 2.68. The van der Waals surface area contributed by atoms with Crippen LogP contribution in [0.25, 0.3) is 0 Å². The van der Waals surface area contributed by atoms with Gasteiger partial charge in [-0.3, -0.25) is 24.6 Å². The van der Waals surface area contributed by atoms with Crippen molar-refractivity contribution in [2.75, 3.05) is 13.2 Å². The Hall–Kier alpha value is -3.23. The van der Waals surface area contributed by atoms with Crippen molar-refractivity contribution >= 4 is 29.8 Å². The van der Waals surface area contributed by atoms with E-state index in [0.29, 0.717) is 0 Å². The van der Waals surface area contributed by atoms with Gasteiger partial charge in [0.05, 0.1) is 17.7 Å². The first-order valence-corrected chi connectivity index (χ1v) is 8.38. The molecule has 0 bridgehead atoms. The van der Waals surface area contributed by atoms with Crippen LogP contribution in [0.5, 0.6) is 0 Å². The highest BCUT2D eigenvalue weighted by Crippen LogP contribution is 2.27. The molecule has 1 N–H and O–H groups in total. The van der Waals surface area contributed by atoms with Gasteiger partial charge in [0.15, 0.2) is 6.61 Å². The molecule has 1 heterocycles. The van der Waals surface area contributed by atoms with E-state index in [4.69, 9.17) is 4.74 Å². The lowest BCUT2D eigenvalue weighted by Gasteiger charge is -2.27. The third-order valence-electron chi connectivity index (χ3n) is 3.84. The van der Waals surface area contributed by atoms with Gasteiger partial charge < -0.3 is 9.47 Å². The normalized spacial score (nSPS) is 14.0. The van der Waals surface area contributed by atoms with Crippen LogP contribution in [0.3, 0.4) is 0 Å². The van der Waals surface area contributed by atoms with Crippen LogP contribution in [-0.2, 0) is 19.1 Å². The minimum absolute atomic E-state index is 0.0774. The van der Waals surface area contributed by atoms with Gasteiger partial charge in [0.1, 0.15) is 6.04 Å². The van der Waals surface area contributed by atoms with Crippen molar-refractivity contribution in [1.29, 1.82) is 0 Å². The summed E-state index contributed by atoms with van der Waals surface area (Å²) < 4.78 is 9.45. The van der Waals surface area contributed by atoms with E-state index < -0.39 is 48.4 Å². The molecule has 1 aliphatic rings. The van der Waals surface area contributed by atoms with Crippen LogP contribution in [0.1, 0.15) is 41.5 Å². The van der Waals surface area contributed by atoms with Gasteiger partial charge in [0.25, 0.3) is 17.7 Å². The van der Waals surface area contributed by atoms with Gasteiger partial charge in [-0.25, -0.2) is 9.59 Å². The number of amides is 4. The van der Waals surface area contributed by atoms with Crippen LogP contribution < -0.4 is 5.32 Å². The van der Waals surface area contributed by atoms with Crippen LogP contribution in [-0.4, -0.2) is 53.9 Å². The van der Waals surface area contributed by atoms with Gasteiger partial charge in [-0.1, -0.05) is 26.0 Å². The largest absolute Gasteiger partial charge is 0.454 e. The number of hydrogen-bond acceptors (Lipinski definition) is 7. The Kier molecular flexibility index (Phi) is 6.27. The summed E-state index contributed by atoms with van der Waals surface area (Å²) in [6, 6.07) is 5.05. The number of alkyl carbamates (subject to hydrolysis) is 1. The monoisotopic (exact) mass is 376 g/mol. The van der Waals surface area contributed by atoms with E-state index in [1.807, 2.05) is 5.32 Å². The van der Waals surface area contributed by atoms with Crippen LogP contribution in [0, 0.1) is 5.92 Å². The lowest BCUT2D eigenvalue weighted by atomic mass is 10.0. The molecule has 1 aromatic rings. The van der Waals surface area contributed by atoms with Gasteiger partial charge in [0, 0.05) is 0 Å². The molecule has 0 aromatic heterocycles. The topological polar surface area (TPSA) is 119 Å². The predicted molar refractivity (Wildman–Crippen MR) is 91.7 cm³/mol. The predicted octanol–water partition coefficient (Wildman–Crippen LogP) is 1.12. The molecule has 1 aliphatic heterocycles. The SMILES string of the molecule is CCOC(=O)NC(=O)COC(=O)[C@H](C(C)C)N1C(=O)c2ccccc2C1=O. The zero-order chi connectivity index (χ0) is 20.1. The highest BCUT2D eigenvalue weighted by Gasteiger charge is 2.44. The van der Waals surface area contributed by atoms with E-state index in [1.165, 1.54) is 12.1 Å². The maximum absolute atomic E-state index is 12.6. The second-order valence-electron chi connectivity index (χ2n) is 6.09. The minimum Gasteiger partial charge on any atom is -0.454 e. The summed E-state index contributed by atoms with van der Waals surface area (Å²) in [5, 5.41) is 1.88. The summed E-state index contributed by atoms with van der Waals surface area (Å²) in [6.07, 6.45) is -0.959. The molecule has 0 fully saturated rings. The molecule has 2 rings (SSSR count). The van der Waals surface area contributed by atoms with Gasteiger partial charge in [0.2, 0.25) is 0 Å². The fourth-order valence-corrected chi connectivity index (χ4v) is 2.68. The third kappa shape index (κ3) is 4.30. The zero-order valence-corrected chi connectivity index (χ0v) is 15.2. The van der Waals surface area contributed by atoms with Crippen molar-refractivity contribution in [2.45, 2.75) is 26.8 Å². The summed E-state index contributed by atoms with van der Waals surface area (Å²) >= 11 is 0. The quantitative estimate of drug-likeness (QED) is 0.584. The van der Waals surface area contributed by atoms with Gasteiger partial charge in [-0.15, -0.1) is 0 Å². The first kappa shape index (κ1) is 20.1. The molecule has 4 amide bonds. The van der Waals surface area contributed by atoms with E-state index in [2.05, 4.69) is 4.74 Å². The van der Waals surface area contributed by atoms with Gasteiger partial charge in [-0.2, -0.15) is 0 Å². The summed E-state index contributed by atoms with van der Waals surface area (Å²) in [5.74, 6) is -3.44. The average Bonchev–Trinajstić information content (AvgIpc) is 2.86. The molecule has 1 aromatic carbocycles. The van der Waals surface area contributed by atoms with Gasteiger partial charge >= 0.3 is 12.1 Å². The fraction of sp³-hybridized carbons (Fsp3) is 0.389. The molecule has 0 radical (unpaired) electrons. The highest BCUT2D eigenvalue weighted by molar-refractivity contribution is 6.22. The number of fused-ring (bicyclic) bond motifs is 1. The molecule has 0 unspecified atom stereocenters. The number of carbonyl (C=O) groups excluding carboxylic acids is 5. The second-order valence-corrected chi connectivity index (χ2v) is 6.09. The molecule has 0 saturated heterocycles. The smallest absolute Gasteiger partial charge is 0.413 e. The number of rotatable bonds is 6. The molecular weight excluding hydrogens is 356 g/mol. The van der Waals surface area contributed by atoms with Crippen LogP contribution in [0.4, 0.5) is 4.79 Å². The average molecular weight is 376 g/mol. The van der Waals surface area contributed by atoms with Crippen molar-refractivity contribution < 1.29 is 33.4 Å². The molecule has 0 aliphatic carbocycles. The summed E-state index contributed by atoms with van der Waals surface area (Å²) in [4.78, 5) is 61.2. The van der Waals surface area contributed by atoms with Crippen molar-refractivity contribution in [2.24, 2.45) is 5.92 Å². The number of esters is 1. The number of benzene rings is 1. The molecule has 9 nitrogen and oxygen atoms in total. The molecule has 144 valence electrons. The number of carbonyl (C=O) groups is 5. The van der Waals surface area contributed by atoms with E-state index >= 15 is 0 Å². The highest BCUT2D eigenvalue weighted by atomic mass is 16.6. The van der Waals surface area contributed by atoms with E-state index in [1.54, 1.807) is 32.9 Å². The molecule has 1 atom stereocenters. The summed E-state index contributed by atoms with van der Waals surface area (Å²) in [6.45, 7) is 4.19. The zero-order valence-electron chi connectivity index (χ0n) is 15.2. The number of nitrogens with zero attached hydrogens (tertiary/aromatic N) is 1. The number of imide groups is 2. The van der Waals surface area contributed by atoms with Crippen molar-refractivity contribution in [3.63, 3.8) is 0 Å². The minimum atomic E-state index is -1.20. The Balaban J connectivity index is 2.09. The number of hydrogen-bond donors (Lipinski definition) is 1. The maximum Gasteiger partial charge on any atom is 0.413 e. The third-order valence-corrected chi connectivity index (χ3v) is 3.84. The van der Waals surface area contributed by atoms with Crippen LogP contribution in [0.2, 0.25) is 0 Å². The summed E-state index contributed by atoms with van der Waals surface area (Å²) in [7, 11) is 0. The Morgan fingerprint density at radius 1 is 1.04 bits per heavy atom. The van der Waals surface area contributed by atoms with Gasteiger partial charge in [-0.05, 0) is 25.0 Å². The van der Waals surface area contributed by atoms with Crippen molar-refractivity contribution in [3.8, 4) is 0 Å². The number of nitrogens with one attached hydrogen (secondary N) is 1. The maximum atomic E-state index is 12.6. The summed E-state index contributed by atoms with van der Waals surface area (Å²) in [5.41, 5.74) is 0.419. The first-order valence-electron chi connectivity index (χ1n) is 8.38. The molecular formula is C18H20N2O7. The standard InChI is InChI=1S/C18H20N2O7/c1-4-26-18(25)19-13(21)9-27-17(24)14(10(2)3)20-15(22)11-7-5-6-8-12(11)16(20)23/h5-8,10,14H,4,9H2,1-3H3,(H,19,21,25)/t14-/m0/s1. The molecule has 27 heavy (non-hydrogen) atoms. The second kappa shape index (κ2) is 8.43. The molecule has 0 spiro atoms. The molecule has 9 heteroatoms. The van der Waals surface area contributed by atoms with Crippen molar-refractivity contribution in [3.05, 3.63) is 35.4 Å². The Bertz CT molecular complexity index is 753. The van der Waals surface area contributed by atoms with E-state index in [9.17, 15) is 24.0 Å². The van der Waals surface area contributed by atoms with Crippen LogP contribution >= 0.6 is 0 Å². The Morgan fingerprint density at radius 2 is 1.59 bits per heavy atom. The number of ether oxygens (including phenoxy) is 2. The Morgan fingerprint density at radius 3 is 2.07 bits per heavy atom. The molecule has 0 saturated carbocycles. The lowest BCUT2D eigenvalue weighted by Crippen LogP contribution is -2.49. The lowest BCUT2D eigenvalue weighted by molar-refractivity contribution is -0.153.